The molecule has 1 heterocycles. The number of cyclic esters (lactones) is 1. The fourth-order valence-corrected chi connectivity index (χ4v) is 1.92. The van der Waals surface area contributed by atoms with Crippen LogP contribution in [-0.2, 0) is 9.53 Å². The number of carbonyl (C=O) groups is 1. The molecule has 1 aliphatic heterocycles. The number of carbonyl (C=O) groups excluding carboxylic acids is 1. The summed E-state index contributed by atoms with van der Waals surface area (Å²) in [4.78, 5) is 11.6. The summed E-state index contributed by atoms with van der Waals surface area (Å²) in [6, 6.07) is 7.86. The van der Waals surface area contributed by atoms with Gasteiger partial charge in [-0.1, -0.05) is 41.9 Å². The third-order valence-corrected chi connectivity index (χ3v) is 3.22. The zero-order chi connectivity index (χ0) is 11.8. The third kappa shape index (κ3) is 2.19. The van der Waals surface area contributed by atoms with Crippen molar-refractivity contribution in [3.63, 3.8) is 0 Å². The Kier molecular flexibility index (Phi) is 2.89. The minimum absolute atomic E-state index is 0.190. The average Bonchev–Trinajstić information content (AvgIpc) is 2.48. The lowest BCUT2D eigenvalue weighted by Crippen LogP contribution is -2.13. The SMILES string of the molecule is CC1(C)COC(=O)/C1=C/c1ccc(Br)cc1. The minimum Gasteiger partial charge on any atom is -0.461 e. The first kappa shape index (κ1) is 11.4. The van der Waals surface area contributed by atoms with Crippen LogP contribution in [0.25, 0.3) is 6.08 Å². The van der Waals surface area contributed by atoms with Gasteiger partial charge in [0.15, 0.2) is 0 Å². The molecule has 1 aliphatic rings. The Morgan fingerprint density at radius 1 is 1.31 bits per heavy atom. The van der Waals surface area contributed by atoms with E-state index >= 15 is 0 Å². The van der Waals surface area contributed by atoms with Gasteiger partial charge in [-0.15, -0.1) is 0 Å². The first-order chi connectivity index (χ1) is 7.49. The van der Waals surface area contributed by atoms with Gasteiger partial charge in [0.2, 0.25) is 0 Å². The van der Waals surface area contributed by atoms with Crippen LogP contribution in [0.5, 0.6) is 0 Å². The van der Waals surface area contributed by atoms with E-state index in [1.807, 2.05) is 44.2 Å². The lowest BCUT2D eigenvalue weighted by molar-refractivity contribution is -0.135. The van der Waals surface area contributed by atoms with Gasteiger partial charge in [-0.25, -0.2) is 4.79 Å². The molecule has 1 aromatic rings. The molecule has 0 spiro atoms. The predicted molar refractivity (Wildman–Crippen MR) is 66.9 cm³/mol. The molecule has 2 rings (SSSR count). The predicted octanol–water partition coefficient (Wildman–Crippen LogP) is 3.42. The van der Waals surface area contributed by atoms with E-state index in [0.29, 0.717) is 6.61 Å². The van der Waals surface area contributed by atoms with Gasteiger partial charge < -0.3 is 4.74 Å². The van der Waals surface area contributed by atoms with Crippen LogP contribution in [0.3, 0.4) is 0 Å². The highest BCUT2D eigenvalue weighted by molar-refractivity contribution is 9.10. The summed E-state index contributed by atoms with van der Waals surface area (Å²) in [5.74, 6) is -0.201. The quantitative estimate of drug-likeness (QED) is 0.582. The van der Waals surface area contributed by atoms with Gasteiger partial charge in [0.1, 0.15) is 6.61 Å². The molecule has 0 aromatic heterocycles. The average molecular weight is 281 g/mol. The van der Waals surface area contributed by atoms with Crippen LogP contribution >= 0.6 is 15.9 Å². The number of esters is 1. The van der Waals surface area contributed by atoms with Crippen LogP contribution in [-0.4, -0.2) is 12.6 Å². The van der Waals surface area contributed by atoms with E-state index < -0.39 is 0 Å². The van der Waals surface area contributed by atoms with Crippen molar-refractivity contribution in [3.8, 4) is 0 Å². The van der Waals surface area contributed by atoms with Crippen molar-refractivity contribution in [2.45, 2.75) is 13.8 Å². The molecular formula is C13H13BrO2. The van der Waals surface area contributed by atoms with Crippen molar-refractivity contribution >= 4 is 28.0 Å². The monoisotopic (exact) mass is 280 g/mol. The summed E-state index contributed by atoms with van der Waals surface area (Å²) >= 11 is 3.38. The molecule has 3 heteroatoms. The van der Waals surface area contributed by atoms with Gasteiger partial charge in [0.05, 0.1) is 0 Å². The summed E-state index contributed by atoms with van der Waals surface area (Å²) < 4.78 is 6.09. The van der Waals surface area contributed by atoms with Crippen molar-refractivity contribution in [2.75, 3.05) is 6.61 Å². The van der Waals surface area contributed by atoms with Gasteiger partial charge in [-0.3, -0.25) is 0 Å². The maximum Gasteiger partial charge on any atom is 0.334 e. The molecule has 0 saturated carbocycles. The summed E-state index contributed by atoms with van der Waals surface area (Å²) in [5, 5.41) is 0. The fourth-order valence-electron chi connectivity index (χ4n) is 1.66. The number of ether oxygens (including phenoxy) is 1. The molecule has 0 aliphatic carbocycles. The van der Waals surface area contributed by atoms with E-state index in [4.69, 9.17) is 4.74 Å². The topological polar surface area (TPSA) is 26.3 Å². The highest BCUT2D eigenvalue weighted by Gasteiger charge is 2.37. The van der Waals surface area contributed by atoms with E-state index in [-0.39, 0.29) is 11.4 Å². The van der Waals surface area contributed by atoms with Crippen LogP contribution in [0.1, 0.15) is 19.4 Å². The highest BCUT2D eigenvalue weighted by atomic mass is 79.9. The molecule has 1 fully saturated rings. The standard InChI is InChI=1S/C13H13BrO2/c1-13(2)8-16-12(15)11(13)7-9-3-5-10(14)6-4-9/h3-7H,8H2,1-2H3/b11-7-. The maximum absolute atomic E-state index is 11.6. The molecule has 84 valence electrons. The van der Waals surface area contributed by atoms with Crippen LogP contribution < -0.4 is 0 Å². The second-order valence-electron chi connectivity index (χ2n) is 4.57. The number of hydrogen-bond donors (Lipinski definition) is 0. The maximum atomic E-state index is 11.6. The molecule has 1 saturated heterocycles. The summed E-state index contributed by atoms with van der Waals surface area (Å²) in [7, 11) is 0. The first-order valence-electron chi connectivity index (χ1n) is 5.14. The zero-order valence-electron chi connectivity index (χ0n) is 9.29. The van der Waals surface area contributed by atoms with Crippen LogP contribution in [0.15, 0.2) is 34.3 Å². The Hall–Kier alpha value is -1.09. The van der Waals surface area contributed by atoms with Gasteiger partial charge in [0, 0.05) is 15.5 Å². The van der Waals surface area contributed by atoms with Gasteiger partial charge in [-0.2, -0.15) is 0 Å². The molecule has 0 atom stereocenters. The Bertz CT molecular complexity index is 444. The summed E-state index contributed by atoms with van der Waals surface area (Å²) in [5.41, 5.74) is 1.57. The second kappa shape index (κ2) is 4.06. The smallest absolute Gasteiger partial charge is 0.334 e. The number of rotatable bonds is 1. The number of halogens is 1. The Morgan fingerprint density at radius 2 is 1.94 bits per heavy atom. The van der Waals surface area contributed by atoms with E-state index in [9.17, 15) is 4.79 Å². The van der Waals surface area contributed by atoms with E-state index in [1.165, 1.54) is 0 Å². The van der Waals surface area contributed by atoms with E-state index in [1.54, 1.807) is 0 Å². The Labute approximate surface area is 103 Å². The molecule has 0 unspecified atom stereocenters. The second-order valence-corrected chi connectivity index (χ2v) is 5.49. The third-order valence-electron chi connectivity index (χ3n) is 2.69. The molecule has 0 radical (unpaired) electrons. The summed E-state index contributed by atoms with van der Waals surface area (Å²) in [6.07, 6.45) is 1.90. The lowest BCUT2D eigenvalue weighted by Gasteiger charge is -2.14. The van der Waals surface area contributed by atoms with E-state index in [2.05, 4.69) is 15.9 Å². The number of hydrogen-bond acceptors (Lipinski definition) is 2. The van der Waals surface area contributed by atoms with Crippen LogP contribution in [0, 0.1) is 5.41 Å². The molecular weight excluding hydrogens is 268 g/mol. The Balaban J connectivity index is 2.36. The lowest BCUT2D eigenvalue weighted by atomic mass is 9.86. The van der Waals surface area contributed by atoms with Crippen LogP contribution in [0.2, 0.25) is 0 Å². The molecule has 0 bridgehead atoms. The van der Waals surface area contributed by atoms with Crippen molar-refractivity contribution in [1.82, 2.24) is 0 Å². The van der Waals surface area contributed by atoms with Crippen molar-refractivity contribution in [2.24, 2.45) is 5.41 Å². The molecule has 1 aromatic carbocycles. The normalized spacial score (nSPS) is 21.2. The van der Waals surface area contributed by atoms with E-state index in [0.717, 1.165) is 15.6 Å². The minimum atomic E-state index is -0.201. The zero-order valence-corrected chi connectivity index (χ0v) is 10.9. The highest BCUT2D eigenvalue weighted by Crippen LogP contribution is 2.35. The molecule has 0 amide bonds. The summed E-state index contributed by atoms with van der Waals surface area (Å²) in [6.45, 7) is 4.50. The van der Waals surface area contributed by atoms with Crippen molar-refractivity contribution in [3.05, 3.63) is 39.9 Å². The fraction of sp³-hybridized carbons (Fsp3) is 0.308. The van der Waals surface area contributed by atoms with Crippen LogP contribution in [0.4, 0.5) is 0 Å². The Morgan fingerprint density at radius 3 is 2.44 bits per heavy atom. The molecule has 2 nitrogen and oxygen atoms in total. The molecule has 16 heavy (non-hydrogen) atoms. The van der Waals surface area contributed by atoms with Crippen molar-refractivity contribution < 1.29 is 9.53 Å². The van der Waals surface area contributed by atoms with Crippen molar-refractivity contribution in [1.29, 1.82) is 0 Å². The van der Waals surface area contributed by atoms with Gasteiger partial charge in [0.25, 0.3) is 0 Å². The van der Waals surface area contributed by atoms with Gasteiger partial charge >= 0.3 is 5.97 Å². The van der Waals surface area contributed by atoms with Gasteiger partial charge in [-0.05, 0) is 23.8 Å². The molecule has 0 N–H and O–H groups in total. The first-order valence-corrected chi connectivity index (χ1v) is 5.93. The largest absolute Gasteiger partial charge is 0.461 e. The number of benzene rings is 1.